The summed E-state index contributed by atoms with van der Waals surface area (Å²) in [5, 5.41) is 10.7. The fourth-order valence-corrected chi connectivity index (χ4v) is 1.60. The van der Waals surface area contributed by atoms with Crippen LogP contribution in [0.2, 0.25) is 0 Å². The van der Waals surface area contributed by atoms with Crippen LogP contribution in [0.25, 0.3) is 0 Å². The van der Waals surface area contributed by atoms with Gasteiger partial charge in [-0.1, -0.05) is 6.92 Å². The van der Waals surface area contributed by atoms with E-state index < -0.39 is 4.92 Å². The van der Waals surface area contributed by atoms with Gasteiger partial charge in [0.15, 0.2) is 0 Å². The van der Waals surface area contributed by atoms with Crippen molar-refractivity contribution in [3.63, 3.8) is 0 Å². The number of H-pyrrole nitrogens is 1. The molecule has 0 fully saturated rings. The minimum absolute atomic E-state index is 0.0926. The highest BCUT2D eigenvalue weighted by Crippen LogP contribution is 2.18. The fraction of sp³-hybridized carbons (Fsp3) is 0.571. The first-order valence-corrected chi connectivity index (χ1v) is 4.48. The molecule has 0 unspecified atom stereocenters. The minimum Gasteiger partial charge on any atom is -0.358 e. The van der Waals surface area contributed by atoms with Crippen molar-refractivity contribution in [1.29, 1.82) is 0 Å². The molecule has 1 heterocycles. The molecule has 0 saturated carbocycles. The number of nitrogens with zero attached hydrogens (tertiary/aromatic N) is 2. The van der Waals surface area contributed by atoms with Crippen LogP contribution in [-0.2, 0) is 13.0 Å². The molecule has 1 N–H and O–H groups in total. The van der Waals surface area contributed by atoms with Gasteiger partial charge in [0.2, 0.25) is 0 Å². The van der Waals surface area contributed by atoms with Gasteiger partial charge in [0.1, 0.15) is 5.69 Å². The van der Waals surface area contributed by atoms with Crippen LogP contribution in [0, 0.1) is 14.9 Å². The number of nitrogens with one attached hydrogen (secondary N) is 1. The Hall–Kier alpha value is -1.17. The molecule has 5 nitrogen and oxygen atoms in total. The van der Waals surface area contributed by atoms with Crippen molar-refractivity contribution in [3.8, 4) is 0 Å². The van der Waals surface area contributed by atoms with Gasteiger partial charge < -0.3 is 15.1 Å². The molecule has 0 aromatic carbocycles. The third-order valence-corrected chi connectivity index (χ3v) is 2.19. The number of rotatable bonds is 3. The van der Waals surface area contributed by atoms with Gasteiger partial charge >= 0.3 is 5.82 Å². The minimum atomic E-state index is -0.394. The third kappa shape index (κ3) is 1.62. The second-order valence-corrected chi connectivity index (χ2v) is 2.97. The highest BCUT2D eigenvalue weighted by molar-refractivity contribution is 7.71. The van der Waals surface area contributed by atoms with Gasteiger partial charge in [-0.25, -0.2) is 0 Å². The summed E-state index contributed by atoms with van der Waals surface area (Å²) < 4.78 is 1.92. The lowest BCUT2D eigenvalue weighted by molar-refractivity contribution is -0.392. The number of hydrogen-bond acceptors (Lipinski definition) is 3. The van der Waals surface area contributed by atoms with Crippen LogP contribution in [-0.4, -0.2) is 14.5 Å². The Balaban J connectivity index is 3.41. The van der Waals surface area contributed by atoms with Gasteiger partial charge in [0.25, 0.3) is 4.77 Å². The van der Waals surface area contributed by atoms with Gasteiger partial charge in [0.05, 0.1) is 6.54 Å². The molecule has 6 heteroatoms. The lowest BCUT2D eigenvalue weighted by Crippen LogP contribution is -2.02. The SMILES string of the molecule is CCc1[nH]c(=S)n(CC)c1[N+](=O)[O-]. The van der Waals surface area contributed by atoms with Crippen molar-refractivity contribution >= 4 is 18.0 Å². The Bertz CT molecular complexity index is 380. The molecule has 0 aliphatic heterocycles. The van der Waals surface area contributed by atoms with Crippen molar-refractivity contribution < 1.29 is 4.92 Å². The summed E-state index contributed by atoms with van der Waals surface area (Å²) in [6.45, 7) is 4.20. The van der Waals surface area contributed by atoms with E-state index in [1.54, 1.807) is 0 Å². The summed E-state index contributed by atoms with van der Waals surface area (Å²) in [5.74, 6) is 0.0926. The van der Waals surface area contributed by atoms with E-state index in [4.69, 9.17) is 12.2 Å². The maximum Gasteiger partial charge on any atom is 0.344 e. The van der Waals surface area contributed by atoms with Crippen LogP contribution in [0.4, 0.5) is 5.82 Å². The van der Waals surface area contributed by atoms with Gasteiger partial charge in [0, 0.05) is 0 Å². The van der Waals surface area contributed by atoms with Crippen LogP contribution < -0.4 is 0 Å². The summed E-state index contributed by atoms with van der Waals surface area (Å²) >= 11 is 4.95. The molecule has 0 aliphatic rings. The number of aryl methyl sites for hydroxylation is 1. The second kappa shape index (κ2) is 3.69. The largest absolute Gasteiger partial charge is 0.358 e. The van der Waals surface area contributed by atoms with Crippen LogP contribution in [0.3, 0.4) is 0 Å². The van der Waals surface area contributed by atoms with E-state index >= 15 is 0 Å². The van der Waals surface area contributed by atoms with E-state index in [2.05, 4.69) is 4.98 Å². The van der Waals surface area contributed by atoms with E-state index in [0.29, 0.717) is 23.4 Å². The van der Waals surface area contributed by atoms with E-state index in [9.17, 15) is 10.1 Å². The number of hydrogen-bond donors (Lipinski definition) is 1. The van der Waals surface area contributed by atoms with Crippen LogP contribution >= 0.6 is 12.2 Å². The van der Waals surface area contributed by atoms with Crippen LogP contribution in [0.5, 0.6) is 0 Å². The normalized spacial score (nSPS) is 10.3. The summed E-state index contributed by atoms with van der Waals surface area (Å²) in [6.07, 6.45) is 0.590. The molecular weight excluding hydrogens is 190 g/mol. The zero-order chi connectivity index (χ0) is 10.0. The van der Waals surface area contributed by atoms with E-state index in [0.717, 1.165) is 0 Å². The summed E-state index contributed by atoms with van der Waals surface area (Å²) in [5.41, 5.74) is 0.594. The molecular formula is C7H11N3O2S. The third-order valence-electron chi connectivity index (χ3n) is 1.87. The number of aromatic nitrogens is 2. The second-order valence-electron chi connectivity index (χ2n) is 2.59. The molecule has 0 radical (unpaired) electrons. The molecule has 0 spiro atoms. The average Bonchev–Trinajstić information content (AvgIpc) is 2.41. The van der Waals surface area contributed by atoms with E-state index in [1.165, 1.54) is 4.57 Å². The van der Waals surface area contributed by atoms with Gasteiger partial charge in [-0.3, -0.25) is 0 Å². The molecule has 13 heavy (non-hydrogen) atoms. The molecule has 1 aromatic heterocycles. The zero-order valence-electron chi connectivity index (χ0n) is 7.53. The predicted octanol–water partition coefficient (Wildman–Crippen LogP) is 2.04. The van der Waals surface area contributed by atoms with Gasteiger partial charge in [-0.05, 0) is 30.5 Å². The lowest BCUT2D eigenvalue weighted by atomic mass is 10.3. The summed E-state index contributed by atoms with van der Waals surface area (Å²) in [4.78, 5) is 13.1. The monoisotopic (exact) mass is 201 g/mol. The number of aromatic amines is 1. The van der Waals surface area contributed by atoms with Crippen molar-refractivity contribution in [2.45, 2.75) is 26.8 Å². The maximum atomic E-state index is 10.7. The molecule has 0 saturated heterocycles. The molecule has 0 amide bonds. The topological polar surface area (TPSA) is 63.9 Å². The maximum absolute atomic E-state index is 10.7. The molecule has 0 bridgehead atoms. The Kier molecular flexibility index (Phi) is 2.82. The number of nitro groups is 1. The highest BCUT2D eigenvalue weighted by Gasteiger charge is 2.19. The first-order chi connectivity index (χ1) is 6.11. The average molecular weight is 201 g/mol. The fourth-order valence-electron chi connectivity index (χ4n) is 1.26. The summed E-state index contributed by atoms with van der Waals surface area (Å²) in [6, 6.07) is 0. The first kappa shape index (κ1) is 9.91. The Labute approximate surface area is 80.5 Å². The Morgan fingerprint density at radius 1 is 1.62 bits per heavy atom. The van der Waals surface area contributed by atoms with Crippen LogP contribution in [0.15, 0.2) is 0 Å². The van der Waals surface area contributed by atoms with Gasteiger partial charge in [-0.2, -0.15) is 4.57 Å². The molecule has 0 aliphatic carbocycles. The van der Waals surface area contributed by atoms with Crippen LogP contribution in [0.1, 0.15) is 19.5 Å². The van der Waals surface area contributed by atoms with E-state index in [1.807, 2.05) is 13.8 Å². The Morgan fingerprint density at radius 3 is 2.62 bits per heavy atom. The Morgan fingerprint density at radius 2 is 2.23 bits per heavy atom. The highest BCUT2D eigenvalue weighted by atomic mass is 32.1. The first-order valence-electron chi connectivity index (χ1n) is 4.07. The molecule has 72 valence electrons. The zero-order valence-corrected chi connectivity index (χ0v) is 8.35. The molecule has 1 rings (SSSR count). The number of imidazole rings is 1. The summed E-state index contributed by atoms with van der Waals surface area (Å²) in [7, 11) is 0. The van der Waals surface area contributed by atoms with Crippen molar-refractivity contribution in [2.75, 3.05) is 0 Å². The van der Waals surface area contributed by atoms with Crippen molar-refractivity contribution in [2.24, 2.45) is 0 Å². The van der Waals surface area contributed by atoms with Crippen molar-refractivity contribution in [3.05, 3.63) is 20.6 Å². The standard InChI is InChI=1S/C7H11N3O2S/c1-3-5-6(10(11)12)9(4-2)7(13)8-5/h3-4H2,1-2H3,(H,8,13). The predicted molar refractivity (Wildman–Crippen MR) is 51.3 cm³/mol. The lowest BCUT2D eigenvalue weighted by Gasteiger charge is -1.97. The molecule has 1 aromatic rings. The molecule has 0 atom stereocenters. The van der Waals surface area contributed by atoms with Gasteiger partial charge in [-0.15, -0.1) is 0 Å². The smallest absolute Gasteiger partial charge is 0.344 e. The van der Waals surface area contributed by atoms with E-state index in [-0.39, 0.29) is 5.82 Å². The van der Waals surface area contributed by atoms with Crippen molar-refractivity contribution in [1.82, 2.24) is 9.55 Å². The quantitative estimate of drug-likeness (QED) is 0.462.